The van der Waals surface area contributed by atoms with Gasteiger partial charge in [-0.3, -0.25) is 9.80 Å². The molecular formula is C17H19N3O. The Morgan fingerprint density at radius 2 is 1.57 bits per heavy atom. The number of hydrogen-bond donors (Lipinski definition) is 1. The molecule has 1 aliphatic heterocycles. The molecule has 4 nitrogen and oxygen atoms in total. The molecule has 0 aromatic heterocycles. The molecule has 1 saturated heterocycles. The molecule has 2 aromatic carbocycles. The number of para-hydroxylation sites is 2. The highest BCUT2D eigenvalue weighted by atomic mass is 16.1. The number of amides is 1. The summed E-state index contributed by atoms with van der Waals surface area (Å²) in [7, 11) is 0. The number of benzene rings is 2. The number of hydrogen-bond acceptors (Lipinski definition) is 3. The molecule has 3 rings (SSSR count). The zero-order valence-corrected chi connectivity index (χ0v) is 11.9. The minimum atomic E-state index is 0.220. The van der Waals surface area contributed by atoms with Crippen LogP contribution in [0.2, 0.25) is 0 Å². The molecule has 1 aliphatic rings. The van der Waals surface area contributed by atoms with Gasteiger partial charge in [-0.25, -0.2) is 5.01 Å². The SMILES string of the molecule is O=CNC1CCN(N(c2ccccc2)c2ccccc2)C1. The highest BCUT2D eigenvalue weighted by Crippen LogP contribution is 2.29. The van der Waals surface area contributed by atoms with Crippen molar-refractivity contribution in [3.63, 3.8) is 0 Å². The fourth-order valence-corrected chi connectivity index (χ4v) is 2.77. The minimum Gasteiger partial charge on any atom is -0.355 e. The molecule has 1 atom stereocenters. The zero-order valence-electron chi connectivity index (χ0n) is 11.9. The first-order valence-electron chi connectivity index (χ1n) is 7.23. The summed E-state index contributed by atoms with van der Waals surface area (Å²) in [6, 6.07) is 20.9. The summed E-state index contributed by atoms with van der Waals surface area (Å²) in [6.45, 7) is 1.75. The van der Waals surface area contributed by atoms with E-state index in [1.54, 1.807) is 0 Å². The van der Waals surface area contributed by atoms with Crippen LogP contribution in [-0.2, 0) is 4.79 Å². The van der Waals surface area contributed by atoms with Crippen molar-refractivity contribution in [2.75, 3.05) is 18.1 Å². The molecule has 21 heavy (non-hydrogen) atoms. The second-order valence-corrected chi connectivity index (χ2v) is 5.17. The maximum atomic E-state index is 10.6. The Hall–Kier alpha value is -2.33. The van der Waals surface area contributed by atoms with Crippen LogP contribution >= 0.6 is 0 Å². The van der Waals surface area contributed by atoms with Crippen LogP contribution < -0.4 is 10.3 Å². The van der Waals surface area contributed by atoms with Gasteiger partial charge in [0.25, 0.3) is 0 Å². The number of carbonyl (C=O) groups excluding carboxylic acids is 1. The van der Waals surface area contributed by atoms with Gasteiger partial charge in [-0.1, -0.05) is 36.4 Å². The molecule has 1 heterocycles. The van der Waals surface area contributed by atoms with E-state index in [4.69, 9.17) is 0 Å². The summed E-state index contributed by atoms with van der Waals surface area (Å²) in [5.74, 6) is 0. The van der Waals surface area contributed by atoms with Crippen LogP contribution in [0, 0.1) is 0 Å². The van der Waals surface area contributed by atoms with Crippen LogP contribution in [0.4, 0.5) is 11.4 Å². The van der Waals surface area contributed by atoms with Crippen molar-refractivity contribution in [2.45, 2.75) is 12.5 Å². The van der Waals surface area contributed by atoms with Gasteiger partial charge in [0.2, 0.25) is 6.41 Å². The summed E-state index contributed by atoms with van der Waals surface area (Å²) in [5.41, 5.74) is 2.27. The maximum absolute atomic E-state index is 10.6. The average Bonchev–Trinajstić information content (AvgIpc) is 2.98. The van der Waals surface area contributed by atoms with Crippen LogP contribution in [0.15, 0.2) is 60.7 Å². The third-order valence-corrected chi connectivity index (χ3v) is 3.75. The second kappa shape index (κ2) is 6.41. The van der Waals surface area contributed by atoms with Gasteiger partial charge in [-0.2, -0.15) is 0 Å². The third-order valence-electron chi connectivity index (χ3n) is 3.75. The van der Waals surface area contributed by atoms with E-state index < -0.39 is 0 Å². The van der Waals surface area contributed by atoms with Crippen molar-refractivity contribution in [3.8, 4) is 0 Å². The van der Waals surface area contributed by atoms with Crippen molar-refractivity contribution in [1.29, 1.82) is 0 Å². The number of nitrogens with one attached hydrogen (secondary N) is 1. The van der Waals surface area contributed by atoms with E-state index in [0.29, 0.717) is 0 Å². The zero-order chi connectivity index (χ0) is 14.5. The molecule has 1 amide bonds. The maximum Gasteiger partial charge on any atom is 0.207 e. The first-order valence-corrected chi connectivity index (χ1v) is 7.23. The molecule has 0 aliphatic carbocycles. The minimum absolute atomic E-state index is 0.220. The van der Waals surface area contributed by atoms with Crippen molar-refractivity contribution in [1.82, 2.24) is 10.3 Å². The van der Waals surface area contributed by atoms with Gasteiger partial charge in [-0.15, -0.1) is 0 Å². The number of anilines is 2. The Labute approximate surface area is 125 Å². The summed E-state index contributed by atoms with van der Waals surface area (Å²) < 4.78 is 0. The van der Waals surface area contributed by atoms with Crippen molar-refractivity contribution >= 4 is 17.8 Å². The Morgan fingerprint density at radius 1 is 1.00 bits per heavy atom. The van der Waals surface area contributed by atoms with E-state index in [2.05, 4.69) is 39.6 Å². The lowest BCUT2D eigenvalue weighted by molar-refractivity contribution is -0.110. The van der Waals surface area contributed by atoms with E-state index in [-0.39, 0.29) is 6.04 Å². The highest BCUT2D eigenvalue weighted by Gasteiger charge is 2.27. The van der Waals surface area contributed by atoms with Crippen molar-refractivity contribution in [3.05, 3.63) is 60.7 Å². The van der Waals surface area contributed by atoms with Crippen LogP contribution in [0.3, 0.4) is 0 Å². The van der Waals surface area contributed by atoms with Crippen molar-refractivity contribution < 1.29 is 4.79 Å². The lowest BCUT2D eigenvalue weighted by atomic mass is 10.2. The molecule has 0 spiro atoms. The Kier molecular flexibility index (Phi) is 4.17. The van der Waals surface area contributed by atoms with Gasteiger partial charge in [0.15, 0.2) is 0 Å². The largest absolute Gasteiger partial charge is 0.355 e. The quantitative estimate of drug-likeness (QED) is 0.856. The van der Waals surface area contributed by atoms with E-state index in [1.807, 2.05) is 36.4 Å². The predicted molar refractivity (Wildman–Crippen MR) is 84.2 cm³/mol. The topological polar surface area (TPSA) is 35.6 Å². The van der Waals surface area contributed by atoms with E-state index >= 15 is 0 Å². The monoisotopic (exact) mass is 281 g/mol. The highest BCUT2D eigenvalue weighted by molar-refractivity contribution is 5.61. The summed E-state index contributed by atoms with van der Waals surface area (Å²) in [5, 5.41) is 7.40. The van der Waals surface area contributed by atoms with Gasteiger partial charge in [0.05, 0.1) is 11.4 Å². The fourth-order valence-electron chi connectivity index (χ4n) is 2.77. The third kappa shape index (κ3) is 3.06. The molecule has 2 aromatic rings. The molecule has 0 bridgehead atoms. The van der Waals surface area contributed by atoms with Gasteiger partial charge in [0.1, 0.15) is 0 Å². The number of nitrogens with zero attached hydrogens (tertiary/aromatic N) is 2. The molecule has 4 heteroatoms. The molecule has 1 N–H and O–H groups in total. The van der Waals surface area contributed by atoms with E-state index in [1.165, 1.54) is 0 Å². The summed E-state index contributed by atoms with van der Waals surface area (Å²) in [4.78, 5) is 10.6. The van der Waals surface area contributed by atoms with Gasteiger partial charge in [0, 0.05) is 19.1 Å². The average molecular weight is 281 g/mol. The lowest BCUT2D eigenvalue weighted by Crippen LogP contribution is -2.40. The lowest BCUT2D eigenvalue weighted by Gasteiger charge is -2.34. The van der Waals surface area contributed by atoms with Crippen LogP contribution in [0.25, 0.3) is 0 Å². The van der Waals surface area contributed by atoms with Crippen LogP contribution in [-0.4, -0.2) is 30.6 Å². The summed E-state index contributed by atoms with van der Waals surface area (Å²) in [6.07, 6.45) is 1.76. The molecule has 1 fully saturated rings. The van der Waals surface area contributed by atoms with Gasteiger partial charge < -0.3 is 5.32 Å². The predicted octanol–water partition coefficient (Wildman–Crippen LogP) is 2.56. The smallest absolute Gasteiger partial charge is 0.207 e. The number of rotatable bonds is 5. The van der Waals surface area contributed by atoms with Gasteiger partial charge >= 0.3 is 0 Å². The number of hydrazine groups is 1. The first-order chi connectivity index (χ1) is 10.4. The Morgan fingerprint density at radius 3 is 2.10 bits per heavy atom. The Bertz CT molecular complexity index is 534. The molecule has 1 unspecified atom stereocenters. The Balaban J connectivity index is 1.89. The van der Waals surface area contributed by atoms with E-state index in [9.17, 15) is 4.79 Å². The number of carbonyl (C=O) groups is 1. The summed E-state index contributed by atoms with van der Waals surface area (Å²) >= 11 is 0. The van der Waals surface area contributed by atoms with Crippen LogP contribution in [0.5, 0.6) is 0 Å². The van der Waals surface area contributed by atoms with E-state index in [0.717, 1.165) is 37.3 Å². The van der Waals surface area contributed by atoms with Gasteiger partial charge in [-0.05, 0) is 30.7 Å². The normalized spacial score (nSPS) is 18.4. The molecule has 0 radical (unpaired) electrons. The molecule has 0 saturated carbocycles. The molecular weight excluding hydrogens is 262 g/mol. The van der Waals surface area contributed by atoms with Crippen LogP contribution in [0.1, 0.15) is 6.42 Å². The fraction of sp³-hybridized carbons (Fsp3) is 0.235. The van der Waals surface area contributed by atoms with Crippen molar-refractivity contribution in [2.24, 2.45) is 0 Å². The first kappa shape index (κ1) is 13.6. The second-order valence-electron chi connectivity index (χ2n) is 5.17. The molecule has 108 valence electrons. The standard InChI is InChI=1S/C17H19N3O/c21-14-18-15-11-12-19(13-15)20(16-7-3-1-4-8-16)17-9-5-2-6-10-17/h1-10,14-15H,11-13H2,(H,18,21).